The van der Waals surface area contributed by atoms with Crippen LogP contribution < -0.4 is 4.74 Å². The smallest absolute Gasteiger partial charge is 0.128 e. The van der Waals surface area contributed by atoms with Crippen LogP contribution in [0.5, 0.6) is 5.75 Å². The number of ether oxygens (including phenoxy) is 2. The summed E-state index contributed by atoms with van der Waals surface area (Å²) in [5, 5.41) is 9.78. The molecule has 0 N–H and O–H groups in total. The zero-order valence-corrected chi connectivity index (χ0v) is 14.7. The summed E-state index contributed by atoms with van der Waals surface area (Å²) in [7, 11) is 1.64. The molecule has 0 spiro atoms. The van der Waals surface area contributed by atoms with E-state index in [1.807, 2.05) is 35.3 Å². The monoisotopic (exact) mass is 358 g/mol. The van der Waals surface area contributed by atoms with Gasteiger partial charge in [0, 0.05) is 29.6 Å². The Kier molecular flexibility index (Phi) is 4.46. The molecule has 3 aromatic rings. The lowest BCUT2D eigenvalue weighted by Gasteiger charge is -2.09. The minimum atomic E-state index is 0.208. The van der Waals surface area contributed by atoms with Gasteiger partial charge in [0.25, 0.3) is 0 Å². The molecule has 0 aliphatic carbocycles. The van der Waals surface area contributed by atoms with Crippen molar-refractivity contribution >= 4 is 11.6 Å². The fourth-order valence-electron chi connectivity index (χ4n) is 3.14. The van der Waals surface area contributed by atoms with Crippen LogP contribution in [0.4, 0.5) is 0 Å². The summed E-state index contributed by atoms with van der Waals surface area (Å²) in [5.74, 6) is 0.722. The summed E-state index contributed by atoms with van der Waals surface area (Å²) in [6.45, 7) is 1.55. The molecule has 0 radical (unpaired) electrons. The first-order valence-electron chi connectivity index (χ1n) is 8.27. The van der Waals surface area contributed by atoms with E-state index in [1.165, 1.54) is 0 Å². The maximum absolute atomic E-state index is 6.21. The molecule has 1 atom stereocenters. The highest BCUT2D eigenvalue weighted by Crippen LogP contribution is 2.35. The molecular weight excluding hydrogens is 340 g/mol. The van der Waals surface area contributed by atoms with Crippen molar-refractivity contribution in [3.63, 3.8) is 0 Å². The van der Waals surface area contributed by atoms with Crippen LogP contribution >= 0.6 is 11.6 Å². The minimum Gasteiger partial charge on any atom is -0.496 e. The maximum atomic E-state index is 6.21. The second kappa shape index (κ2) is 6.90. The van der Waals surface area contributed by atoms with Crippen LogP contribution in [-0.2, 0) is 11.3 Å². The van der Waals surface area contributed by atoms with Crippen molar-refractivity contribution in [2.24, 2.45) is 0 Å². The van der Waals surface area contributed by atoms with E-state index >= 15 is 0 Å². The normalized spacial score (nSPS) is 17.1. The standard InChI is InChI=1S/C18H19ClN4O2/c1-24-17-6-5-13(19)10-15(17)18-16(23-8-3-7-20-23)12-22(21-18)11-14-4-2-9-25-14/h3,5-8,10,12,14H,2,4,9,11H2,1H3. The average molecular weight is 359 g/mol. The summed E-state index contributed by atoms with van der Waals surface area (Å²) >= 11 is 6.21. The Morgan fingerprint density at radius 2 is 2.32 bits per heavy atom. The maximum Gasteiger partial charge on any atom is 0.128 e. The van der Waals surface area contributed by atoms with Crippen molar-refractivity contribution in [3.05, 3.63) is 47.9 Å². The SMILES string of the molecule is COc1ccc(Cl)cc1-c1nn(CC2CCCO2)cc1-n1cccn1. The molecule has 1 aliphatic rings. The largest absolute Gasteiger partial charge is 0.496 e. The van der Waals surface area contributed by atoms with Gasteiger partial charge < -0.3 is 9.47 Å². The Balaban J connectivity index is 1.80. The Bertz CT molecular complexity index is 854. The van der Waals surface area contributed by atoms with Crippen molar-refractivity contribution in [3.8, 4) is 22.7 Å². The van der Waals surface area contributed by atoms with Crippen LogP contribution in [0.25, 0.3) is 16.9 Å². The lowest BCUT2D eigenvalue weighted by Crippen LogP contribution is -2.15. The highest BCUT2D eigenvalue weighted by Gasteiger charge is 2.21. The van der Waals surface area contributed by atoms with Crippen LogP contribution in [0.15, 0.2) is 42.9 Å². The Hall–Kier alpha value is -2.31. The van der Waals surface area contributed by atoms with Gasteiger partial charge in [-0.25, -0.2) is 4.68 Å². The number of hydrogen-bond donors (Lipinski definition) is 0. The summed E-state index contributed by atoms with van der Waals surface area (Å²) in [6.07, 6.45) is 8.01. The van der Waals surface area contributed by atoms with Gasteiger partial charge in [0.2, 0.25) is 0 Å². The third kappa shape index (κ3) is 3.27. The molecule has 6 nitrogen and oxygen atoms in total. The molecule has 0 bridgehead atoms. The van der Waals surface area contributed by atoms with Crippen molar-refractivity contribution in [2.45, 2.75) is 25.5 Å². The molecule has 1 fully saturated rings. The van der Waals surface area contributed by atoms with Gasteiger partial charge in [-0.1, -0.05) is 11.6 Å². The van der Waals surface area contributed by atoms with Gasteiger partial charge in [0.05, 0.1) is 26.0 Å². The third-order valence-electron chi connectivity index (χ3n) is 4.32. The minimum absolute atomic E-state index is 0.208. The molecule has 1 unspecified atom stereocenters. The predicted octanol–water partition coefficient (Wildman–Crippen LogP) is 3.58. The molecule has 3 heterocycles. The van der Waals surface area contributed by atoms with Crippen LogP contribution in [0.2, 0.25) is 5.02 Å². The number of methoxy groups -OCH3 is 1. The number of hydrogen-bond acceptors (Lipinski definition) is 4. The Labute approximate surface area is 150 Å². The molecule has 25 heavy (non-hydrogen) atoms. The lowest BCUT2D eigenvalue weighted by atomic mass is 10.1. The average Bonchev–Trinajstić information content (AvgIpc) is 3.36. The van der Waals surface area contributed by atoms with Crippen molar-refractivity contribution in [2.75, 3.05) is 13.7 Å². The molecule has 0 amide bonds. The number of aromatic nitrogens is 4. The van der Waals surface area contributed by atoms with Gasteiger partial charge in [-0.15, -0.1) is 0 Å². The molecular formula is C18H19ClN4O2. The first kappa shape index (κ1) is 16.2. The molecule has 1 aliphatic heterocycles. The molecule has 7 heteroatoms. The first-order valence-corrected chi connectivity index (χ1v) is 8.65. The second-order valence-electron chi connectivity index (χ2n) is 6.02. The van der Waals surface area contributed by atoms with Crippen LogP contribution in [0, 0.1) is 0 Å². The molecule has 1 saturated heterocycles. The molecule has 1 aromatic carbocycles. The van der Waals surface area contributed by atoms with Gasteiger partial charge in [0.15, 0.2) is 0 Å². The van der Waals surface area contributed by atoms with E-state index in [9.17, 15) is 0 Å². The first-order chi connectivity index (χ1) is 12.2. The molecule has 4 rings (SSSR count). The van der Waals surface area contributed by atoms with Gasteiger partial charge in [-0.3, -0.25) is 4.68 Å². The highest BCUT2D eigenvalue weighted by molar-refractivity contribution is 6.31. The van der Waals surface area contributed by atoms with Gasteiger partial charge in [-0.05, 0) is 37.1 Å². The second-order valence-corrected chi connectivity index (χ2v) is 6.45. The Morgan fingerprint density at radius 3 is 3.04 bits per heavy atom. The number of nitrogens with zero attached hydrogens (tertiary/aromatic N) is 4. The van der Waals surface area contributed by atoms with E-state index in [-0.39, 0.29) is 6.10 Å². The zero-order valence-electron chi connectivity index (χ0n) is 13.9. The van der Waals surface area contributed by atoms with Crippen LogP contribution in [0.3, 0.4) is 0 Å². The van der Waals surface area contributed by atoms with E-state index in [0.717, 1.165) is 48.7 Å². The number of halogens is 1. The van der Waals surface area contributed by atoms with E-state index in [4.69, 9.17) is 26.2 Å². The van der Waals surface area contributed by atoms with E-state index < -0.39 is 0 Å². The molecule has 130 valence electrons. The van der Waals surface area contributed by atoms with Crippen molar-refractivity contribution in [1.82, 2.24) is 19.6 Å². The van der Waals surface area contributed by atoms with Crippen LogP contribution in [-0.4, -0.2) is 39.4 Å². The van der Waals surface area contributed by atoms with E-state index in [1.54, 1.807) is 24.1 Å². The summed E-state index contributed by atoms with van der Waals surface area (Å²) in [6, 6.07) is 7.41. The number of rotatable bonds is 5. The zero-order chi connectivity index (χ0) is 17.2. The molecule has 2 aromatic heterocycles. The topological polar surface area (TPSA) is 54.1 Å². The predicted molar refractivity (Wildman–Crippen MR) is 95.3 cm³/mol. The van der Waals surface area contributed by atoms with Gasteiger partial charge >= 0.3 is 0 Å². The van der Waals surface area contributed by atoms with Crippen LogP contribution in [0.1, 0.15) is 12.8 Å². The third-order valence-corrected chi connectivity index (χ3v) is 4.56. The highest BCUT2D eigenvalue weighted by atomic mass is 35.5. The number of benzene rings is 1. The molecule has 0 saturated carbocycles. The van der Waals surface area contributed by atoms with Gasteiger partial charge in [0.1, 0.15) is 17.1 Å². The lowest BCUT2D eigenvalue weighted by molar-refractivity contribution is 0.0940. The van der Waals surface area contributed by atoms with Crippen molar-refractivity contribution < 1.29 is 9.47 Å². The summed E-state index contributed by atoms with van der Waals surface area (Å²) < 4.78 is 15.0. The Morgan fingerprint density at radius 1 is 1.40 bits per heavy atom. The van der Waals surface area contributed by atoms with Crippen molar-refractivity contribution in [1.29, 1.82) is 0 Å². The fraction of sp³-hybridized carbons (Fsp3) is 0.333. The van der Waals surface area contributed by atoms with E-state index in [2.05, 4.69) is 5.10 Å². The van der Waals surface area contributed by atoms with E-state index in [0.29, 0.717) is 5.02 Å². The summed E-state index contributed by atoms with van der Waals surface area (Å²) in [5.41, 5.74) is 2.50. The van der Waals surface area contributed by atoms with Gasteiger partial charge in [-0.2, -0.15) is 10.2 Å². The fourth-order valence-corrected chi connectivity index (χ4v) is 3.31. The summed E-state index contributed by atoms with van der Waals surface area (Å²) in [4.78, 5) is 0. The quantitative estimate of drug-likeness (QED) is 0.699.